The van der Waals surface area contributed by atoms with E-state index in [-0.39, 0.29) is 53.8 Å². The maximum Gasteiger partial charge on any atom is 0.224 e. The van der Waals surface area contributed by atoms with Crippen LogP contribution in [-0.4, -0.2) is 90.8 Å². The molecule has 61 heavy (non-hydrogen) atoms. The molecule has 1 heterocycles. The van der Waals surface area contributed by atoms with Gasteiger partial charge in [-0.25, -0.2) is 0 Å². The SMILES string of the molecule is CC(C)CC(NC(=O)[C@H](CCc1ccccc1)CC(=O)CCCCCCCCCN1CCN(C)CC1)C(=O)C[C@@H](Cc1ccccc1)C(=O)NC(CC(C)C)C(=O)C1(C)CC1. The van der Waals surface area contributed by atoms with Crippen LogP contribution in [0.25, 0.3) is 0 Å². The second-order valence-electron chi connectivity index (χ2n) is 19.7. The summed E-state index contributed by atoms with van der Waals surface area (Å²) in [4.78, 5) is 74.7. The Labute approximate surface area is 369 Å². The number of benzene rings is 2. The lowest BCUT2D eigenvalue weighted by atomic mass is 9.87. The summed E-state index contributed by atoms with van der Waals surface area (Å²) in [6, 6.07) is 18.3. The summed E-state index contributed by atoms with van der Waals surface area (Å²) < 4.78 is 0. The summed E-state index contributed by atoms with van der Waals surface area (Å²) in [7, 11) is 2.19. The zero-order chi connectivity index (χ0) is 44.2. The zero-order valence-corrected chi connectivity index (χ0v) is 38.7. The number of likely N-dealkylation sites (N-methyl/N-ethyl adjacent to an activating group) is 1. The fourth-order valence-electron chi connectivity index (χ4n) is 8.72. The standard InChI is InChI=1S/C52H80N4O5/c1-39(2)34-46(48(58)38-44(36-42-22-16-13-17-23-42)51(61)54-47(35-40(3)4)49(59)52(5)27-28-52)53-50(60)43(26-25-41-20-14-12-15-21-41)37-45(57)24-18-10-8-7-9-11-19-29-56-32-30-55(6)31-33-56/h12-17,20-23,39-40,43-44,46-47H,7-11,18-19,24-38H2,1-6H3,(H,53,60)(H,54,61)/t43-,44-,46?,47?/m1/s1. The number of hydrogen-bond acceptors (Lipinski definition) is 7. The number of ketones is 3. The monoisotopic (exact) mass is 841 g/mol. The van der Waals surface area contributed by atoms with Gasteiger partial charge >= 0.3 is 0 Å². The largest absolute Gasteiger partial charge is 0.346 e. The number of rotatable bonds is 30. The Kier molecular flexibility index (Phi) is 21.3. The molecule has 2 aromatic rings. The second kappa shape index (κ2) is 26.1. The lowest BCUT2D eigenvalue weighted by Gasteiger charge is -2.32. The molecule has 2 aliphatic rings. The molecule has 2 aromatic carbocycles. The van der Waals surface area contributed by atoms with E-state index in [0.717, 1.165) is 56.3 Å². The van der Waals surface area contributed by atoms with E-state index in [1.807, 2.05) is 95.3 Å². The van der Waals surface area contributed by atoms with E-state index >= 15 is 0 Å². The molecule has 0 spiro atoms. The van der Waals surface area contributed by atoms with Crippen LogP contribution in [0.4, 0.5) is 0 Å². The smallest absolute Gasteiger partial charge is 0.224 e. The van der Waals surface area contributed by atoms with E-state index < -0.39 is 29.3 Å². The highest BCUT2D eigenvalue weighted by molar-refractivity contribution is 5.97. The first kappa shape index (κ1) is 50.0. The van der Waals surface area contributed by atoms with Gasteiger partial charge in [-0.15, -0.1) is 0 Å². The van der Waals surface area contributed by atoms with E-state index in [2.05, 4.69) is 27.5 Å². The van der Waals surface area contributed by atoms with Crippen molar-refractivity contribution >= 4 is 29.2 Å². The van der Waals surface area contributed by atoms with Crippen LogP contribution in [0.1, 0.15) is 142 Å². The van der Waals surface area contributed by atoms with Crippen molar-refractivity contribution in [2.75, 3.05) is 39.8 Å². The van der Waals surface area contributed by atoms with Crippen LogP contribution in [0.15, 0.2) is 60.7 Å². The average Bonchev–Trinajstić information content (AvgIpc) is 3.99. The van der Waals surface area contributed by atoms with Crippen molar-refractivity contribution < 1.29 is 24.0 Å². The molecule has 1 aliphatic carbocycles. The van der Waals surface area contributed by atoms with E-state index in [1.54, 1.807) is 0 Å². The minimum absolute atomic E-state index is 0.0673. The minimum Gasteiger partial charge on any atom is -0.346 e. The molecule has 1 aliphatic heterocycles. The third kappa shape index (κ3) is 18.7. The molecule has 9 nitrogen and oxygen atoms in total. The normalized spacial score (nSPS) is 17.4. The highest BCUT2D eigenvalue weighted by atomic mass is 16.2. The molecule has 9 heteroatoms. The van der Waals surface area contributed by atoms with Gasteiger partial charge < -0.3 is 20.4 Å². The van der Waals surface area contributed by atoms with Crippen LogP contribution in [0.3, 0.4) is 0 Å². The lowest BCUT2D eigenvalue weighted by Crippen LogP contribution is -2.49. The van der Waals surface area contributed by atoms with E-state index in [9.17, 15) is 24.0 Å². The van der Waals surface area contributed by atoms with Gasteiger partial charge in [0, 0.05) is 62.7 Å². The number of carbonyl (C=O) groups is 5. The number of amides is 2. The number of aryl methyl sites for hydroxylation is 1. The Morgan fingerprint density at radius 1 is 0.639 bits per heavy atom. The van der Waals surface area contributed by atoms with Crippen molar-refractivity contribution in [1.29, 1.82) is 0 Å². The molecule has 0 aromatic heterocycles. The molecular formula is C52H80N4O5. The van der Waals surface area contributed by atoms with E-state index in [0.29, 0.717) is 38.5 Å². The summed E-state index contributed by atoms with van der Waals surface area (Å²) >= 11 is 0. The molecule has 2 amide bonds. The second-order valence-corrected chi connectivity index (χ2v) is 19.7. The summed E-state index contributed by atoms with van der Waals surface area (Å²) in [5.74, 6) is -1.59. The van der Waals surface area contributed by atoms with Gasteiger partial charge in [0.2, 0.25) is 11.8 Å². The summed E-state index contributed by atoms with van der Waals surface area (Å²) in [5.41, 5.74) is 1.63. The first-order valence-corrected chi connectivity index (χ1v) is 23.9. The number of hydrogen-bond donors (Lipinski definition) is 2. The Hall–Kier alpha value is -3.69. The van der Waals surface area contributed by atoms with Gasteiger partial charge in [-0.05, 0) is 94.3 Å². The van der Waals surface area contributed by atoms with Gasteiger partial charge in [-0.2, -0.15) is 0 Å². The minimum atomic E-state index is -0.798. The van der Waals surface area contributed by atoms with Crippen molar-refractivity contribution in [3.05, 3.63) is 71.8 Å². The van der Waals surface area contributed by atoms with Gasteiger partial charge in [-0.3, -0.25) is 24.0 Å². The van der Waals surface area contributed by atoms with Crippen molar-refractivity contribution in [2.24, 2.45) is 29.1 Å². The highest BCUT2D eigenvalue weighted by Crippen LogP contribution is 2.47. The number of Topliss-reactive ketones (excluding diaryl/α,β-unsaturated/α-hetero) is 3. The number of carbonyl (C=O) groups excluding carboxylic acids is 5. The molecule has 0 radical (unpaired) electrons. The fraction of sp³-hybridized carbons (Fsp3) is 0.673. The summed E-state index contributed by atoms with van der Waals surface area (Å²) in [6.07, 6.45) is 12.5. The zero-order valence-electron chi connectivity index (χ0n) is 38.7. The highest BCUT2D eigenvalue weighted by Gasteiger charge is 2.48. The number of nitrogens with one attached hydrogen (secondary N) is 2. The Morgan fingerprint density at radius 3 is 1.75 bits per heavy atom. The quantitative estimate of drug-likeness (QED) is 0.0756. The maximum atomic E-state index is 14.3. The van der Waals surface area contributed by atoms with Crippen LogP contribution in [0.2, 0.25) is 0 Å². The van der Waals surface area contributed by atoms with E-state index in [1.165, 1.54) is 45.3 Å². The van der Waals surface area contributed by atoms with Gasteiger partial charge in [0.25, 0.3) is 0 Å². The van der Waals surface area contributed by atoms with Crippen molar-refractivity contribution in [1.82, 2.24) is 20.4 Å². The van der Waals surface area contributed by atoms with Crippen LogP contribution in [0, 0.1) is 29.1 Å². The van der Waals surface area contributed by atoms with Gasteiger partial charge in [0.15, 0.2) is 11.6 Å². The third-order valence-corrected chi connectivity index (χ3v) is 13.0. The Bertz CT molecular complexity index is 1630. The van der Waals surface area contributed by atoms with Crippen LogP contribution < -0.4 is 10.6 Å². The molecule has 2 unspecified atom stereocenters. The predicted molar refractivity (Wildman–Crippen MR) is 247 cm³/mol. The molecule has 2 fully saturated rings. The molecule has 4 atom stereocenters. The van der Waals surface area contributed by atoms with Crippen molar-refractivity contribution in [2.45, 2.75) is 156 Å². The molecule has 0 bridgehead atoms. The summed E-state index contributed by atoms with van der Waals surface area (Å²) in [6.45, 7) is 16.0. The first-order chi connectivity index (χ1) is 29.2. The third-order valence-electron chi connectivity index (χ3n) is 13.0. The first-order valence-electron chi connectivity index (χ1n) is 23.9. The lowest BCUT2D eigenvalue weighted by molar-refractivity contribution is -0.135. The molecule has 1 saturated carbocycles. The molecule has 2 N–H and O–H groups in total. The maximum absolute atomic E-state index is 14.3. The molecule has 4 rings (SSSR count). The van der Waals surface area contributed by atoms with Gasteiger partial charge in [0.05, 0.1) is 12.1 Å². The predicted octanol–water partition coefficient (Wildman–Crippen LogP) is 8.81. The topological polar surface area (TPSA) is 116 Å². The van der Waals surface area contributed by atoms with Crippen molar-refractivity contribution in [3.63, 3.8) is 0 Å². The van der Waals surface area contributed by atoms with Crippen LogP contribution >= 0.6 is 0 Å². The fourth-order valence-corrected chi connectivity index (χ4v) is 8.72. The Balaban J connectivity index is 1.36. The van der Waals surface area contributed by atoms with Crippen LogP contribution in [-0.2, 0) is 36.8 Å². The van der Waals surface area contributed by atoms with Crippen LogP contribution in [0.5, 0.6) is 0 Å². The molecule has 1 saturated heterocycles. The molecule has 338 valence electrons. The van der Waals surface area contributed by atoms with Gasteiger partial charge in [-0.1, -0.05) is 127 Å². The summed E-state index contributed by atoms with van der Waals surface area (Å²) in [5, 5.41) is 6.20. The molecular weight excluding hydrogens is 761 g/mol. The Morgan fingerprint density at radius 2 is 1.16 bits per heavy atom. The number of piperazine rings is 1. The number of unbranched alkanes of at least 4 members (excludes halogenated alkanes) is 6. The van der Waals surface area contributed by atoms with Gasteiger partial charge in [0.1, 0.15) is 5.78 Å². The average molecular weight is 841 g/mol. The van der Waals surface area contributed by atoms with E-state index in [4.69, 9.17) is 0 Å². The van der Waals surface area contributed by atoms with Crippen molar-refractivity contribution in [3.8, 4) is 0 Å². The number of nitrogens with zero attached hydrogens (tertiary/aromatic N) is 2.